The number of rotatable bonds is 12. The summed E-state index contributed by atoms with van der Waals surface area (Å²) in [6.45, 7) is 0. The summed E-state index contributed by atoms with van der Waals surface area (Å²) in [4.78, 5) is 50.2. The van der Waals surface area contributed by atoms with E-state index >= 15 is 0 Å². The zero-order valence-corrected chi connectivity index (χ0v) is 22.2. The molecule has 4 atom stereocenters. The maximum atomic E-state index is 11.3. The van der Waals surface area contributed by atoms with E-state index in [0.29, 0.717) is 11.1 Å². The quantitative estimate of drug-likeness (QED) is 0.110. The monoisotopic (exact) mass is 584 g/mol. The lowest BCUT2D eigenvalue weighted by atomic mass is 9.88. The van der Waals surface area contributed by atoms with E-state index in [9.17, 15) is 39.6 Å². The van der Waals surface area contributed by atoms with E-state index in [1.54, 1.807) is 36.7 Å². The van der Waals surface area contributed by atoms with Crippen LogP contribution >= 0.6 is 0 Å². The third-order valence-corrected chi connectivity index (χ3v) is 6.86. The molecule has 0 fully saturated rings. The van der Waals surface area contributed by atoms with Crippen molar-refractivity contribution in [1.29, 1.82) is 0 Å². The molecule has 2 aromatic heterocycles. The molecule has 14 heteroatoms. The minimum Gasteiger partial charge on any atom is -0.480 e. The third-order valence-electron chi connectivity index (χ3n) is 6.86. The van der Waals surface area contributed by atoms with Crippen LogP contribution in [0.3, 0.4) is 0 Å². The van der Waals surface area contributed by atoms with E-state index in [1.165, 1.54) is 0 Å². The molecule has 2 heterocycles. The standard InChI is InChI=1S/2C14H16N2O5/c2*15-10(12(17)18)6-14(21,13(19)20)5-8-7-16-11-4-2-1-3-9(8)11/h2*1-4,7,10,16,21H,5-6,15H2,(H,17,18)(H,19,20). The first-order valence-corrected chi connectivity index (χ1v) is 12.6. The van der Waals surface area contributed by atoms with Gasteiger partial charge in [0.15, 0.2) is 11.2 Å². The number of H-pyrrole nitrogens is 2. The Morgan fingerprint density at radius 2 is 0.976 bits per heavy atom. The van der Waals surface area contributed by atoms with Gasteiger partial charge in [-0.2, -0.15) is 0 Å². The number of hydrogen-bond acceptors (Lipinski definition) is 8. The molecule has 0 amide bonds. The minimum absolute atomic E-state index is 0.229. The summed E-state index contributed by atoms with van der Waals surface area (Å²) in [5.41, 5.74) is 9.03. The van der Waals surface area contributed by atoms with Crippen molar-refractivity contribution in [2.45, 2.75) is 49.0 Å². The van der Waals surface area contributed by atoms with E-state index in [4.69, 9.17) is 21.7 Å². The SMILES string of the molecule is NC(CC(O)(Cc1c[nH]c2ccccc12)C(=O)O)C(=O)O.NC(CC(O)(Cc1c[nH]c2ccccc12)C(=O)O)C(=O)O. The van der Waals surface area contributed by atoms with Gasteiger partial charge in [0.1, 0.15) is 12.1 Å². The molecule has 0 radical (unpaired) electrons. The zero-order chi connectivity index (χ0) is 31.2. The summed E-state index contributed by atoms with van der Waals surface area (Å²) in [7, 11) is 0. The van der Waals surface area contributed by atoms with Crippen LogP contribution in [0.1, 0.15) is 24.0 Å². The molecule has 12 N–H and O–H groups in total. The van der Waals surface area contributed by atoms with Crippen molar-refractivity contribution < 1.29 is 49.8 Å². The molecule has 4 rings (SSSR count). The van der Waals surface area contributed by atoms with E-state index in [1.807, 2.05) is 24.3 Å². The average molecular weight is 585 g/mol. The summed E-state index contributed by atoms with van der Waals surface area (Å²) in [6, 6.07) is 11.6. The Kier molecular flexibility index (Phi) is 9.70. The van der Waals surface area contributed by atoms with Gasteiger partial charge in [-0.3, -0.25) is 9.59 Å². The number of benzene rings is 2. The Labute approximate surface area is 238 Å². The number of nitrogens with one attached hydrogen (secondary N) is 2. The van der Waals surface area contributed by atoms with Crippen molar-refractivity contribution in [3.8, 4) is 0 Å². The van der Waals surface area contributed by atoms with Gasteiger partial charge in [-0.25, -0.2) is 9.59 Å². The Morgan fingerprint density at radius 1 is 0.643 bits per heavy atom. The molecule has 4 aromatic rings. The summed E-state index contributed by atoms with van der Waals surface area (Å²) in [5.74, 6) is -5.70. The molecule has 14 nitrogen and oxygen atoms in total. The second-order valence-electron chi connectivity index (χ2n) is 10.0. The molecule has 2 aromatic carbocycles. The van der Waals surface area contributed by atoms with Crippen molar-refractivity contribution in [2.75, 3.05) is 0 Å². The number of carboxylic acid groups (broad SMARTS) is 4. The van der Waals surface area contributed by atoms with Crippen LogP contribution in [0.15, 0.2) is 60.9 Å². The number of fused-ring (bicyclic) bond motifs is 2. The van der Waals surface area contributed by atoms with E-state index in [0.717, 1.165) is 21.8 Å². The highest BCUT2D eigenvalue weighted by atomic mass is 16.4. The van der Waals surface area contributed by atoms with Crippen molar-refractivity contribution in [3.63, 3.8) is 0 Å². The van der Waals surface area contributed by atoms with Crippen LogP contribution in [0.5, 0.6) is 0 Å². The molecule has 0 aliphatic heterocycles. The van der Waals surface area contributed by atoms with Gasteiger partial charge in [0, 0.05) is 59.9 Å². The first-order chi connectivity index (χ1) is 19.7. The van der Waals surface area contributed by atoms with Crippen LogP contribution in [0.25, 0.3) is 21.8 Å². The van der Waals surface area contributed by atoms with Gasteiger partial charge in [0.2, 0.25) is 0 Å². The fourth-order valence-electron chi connectivity index (χ4n) is 4.56. The number of nitrogens with two attached hydrogens (primary N) is 2. The van der Waals surface area contributed by atoms with Crippen molar-refractivity contribution in [2.24, 2.45) is 11.5 Å². The van der Waals surface area contributed by atoms with Crippen LogP contribution in [-0.2, 0) is 32.0 Å². The van der Waals surface area contributed by atoms with Gasteiger partial charge >= 0.3 is 23.9 Å². The number of hydrogen-bond donors (Lipinski definition) is 10. The van der Waals surface area contributed by atoms with Gasteiger partial charge in [-0.1, -0.05) is 36.4 Å². The first kappa shape index (κ1) is 31.8. The number of aliphatic hydroxyl groups is 2. The fourth-order valence-corrected chi connectivity index (χ4v) is 4.56. The van der Waals surface area contributed by atoms with Crippen LogP contribution < -0.4 is 11.5 Å². The summed E-state index contributed by atoms with van der Waals surface area (Å²) in [5, 5.41) is 58.2. The zero-order valence-electron chi connectivity index (χ0n) is 22.2. The normalized spacial score (nSPS) is 15.5. The van der Waals surface area contributed by atoms with E-state index in [-0.39, 0.29) is 12.8 Å². The minimum atomic E-state index is -2.23. The van der Waals surface area contributed by atoms with Gasteiger partial charge in [0.25, 0.3) is 0 Å². The molecule has 0 aliphatic rings. The van der Waals surface area contributed by atoms with Gasteiger partial charge < -0.3 is 52.1 Å². The summed E-state index contributed by atoms with van der Waals surface area (Å²) < 4.78 is 0. The third kappa shape index (κ3) is 7.30. The topological polar surface area (TPSA) is 273 Å². The first-order valence-electron chi connectivity index (χ1n) is 12.6. The molecule has 0 bridgehead atoms. The molecular weight excluding hydrogens is 552 g/mol. The van der Waals surface area contributed by atoms with Gasteiger partial charge in [0.05, 0.1) is 0 Å². The Balaban J connectivity index is 0.000000230. The summed E-state index contributed by atoms with van der Waals surface area (Å²) >= 11 is 0. The lowest BCUT2D eigenvalue weighted by molar-refractivity contribution is -0.161. The molecule has 0 aliphatic carbocycles. The van der Waals surface area contributed by atoms with Crippen LogP contribution in [0.4, 0.5) is 0 Å². The van der Waals surface area contributed by atoms with Crippen LogP contribution in [-0.4, -0.2) is 87.8 Å². The van der Waals surface area contributed by atoms with Crippen molar-refractivity contribution >= 4 is 45.7 Å². The predicted molar refractivity (Wildman–Crippen MR) is 150 cm³/mol. The highest BCUT2D eigenvalue weighted by Crippen LogP contribution is 2.27. The van der Waals surface area contributed by atoms with Crippen molar-refractivity contribution in [3.05, 3.63) is 72.1 Å². The Morgan fingerprint density at radius 3 is 1.29 bits per heavy atom. The number of aromatic amines is 2. The maximum absolute atomic E-state index is 11.3. The molecule has 224 valence electrons. The number of carbonyl (C=O) groups is 4. The Bertz CT molecular complexity index is 1480. The number of aromatic nitrogens is 2. The average Bonchev–Trinajstić information content (AvgIpc) is 3.52. The Hall–Kier alpha value is -4.76. The molecule has 0 saturated heterocycles. The van der Waals surface area contributed by atoms with Crippen LogP contribution in [0, 0.1) is 0 Å². The van der Waals surface area contributed by atoms with Crippen molar-refractivity contribution in [1.82, 2.24) is 9.97 Å². The smallest absolute Gasteiger partial charge is 0.336 e. The van der Waals surface area contributed by atoms with E-state index < -0.39 is 60.0 Å². The molecule has 0 spiro atoms. The molecule has 42 heavy (non-hydrogen) atoms. The number of aliphatic carboxylic acids is 4. The highest BCUT2D eigenvalue weighted by molar-refractivity contribution is 5.87. The lowest BCUT2D eigenvalue weighted by Crippen LogP contribution is -2.48. The van der Waals surface area contributed by atoms with Gasteiger partial charge in [-0.05, 0) is 23.3 Å². The fraction of sp³-hybridized carbons (Fsp3) is 0.286. The van der Waals surface area contributed by atoms with Crippen LogP contribution in [0.2, 0.25) is 0 Å². The molecule has 0 saturated carbocycles. The summed E-state index contributed by atoms with van der Waals surface area (Å²) in [6.07, 6.45) is 1.60. The van der Waals surface area contributed by atoms with Gasteiger partial charge in [-0.15, -0.1) is 0 Å². The molecule has 4 unspecified atom stereocenters. The highest BCUT2D eigenvalue weighted by Gasteiger charge is 2.41. The number of para-hydroxylation sites is 2. The predicted octanol–water partition coefficient (Wildman–Crippen LogP) is 0.656. The van der Waals surface area contributed by atoms with E-state index in [2.05, 4.69) is 9.97 Å². The lowest BCUT2D eigenvalue weighted by Gasteiger charge is -2.24. The molecular formula is C28H32N4O10. The second-order valence-corrected chi connectivity index (χ2v) is 10.0. The largest absolute Gasteiger partial charge is 0.480 e. The maximum Gasteiger partial charge on any atom is 0.336 e. The second kappa shape index (κ2) is 12.8. The number of carboxylic acids is 4.